The van der Waals surface area contributed by atoms with Gasteiger partial charge in [-0.25, -0.2) is 9.59 Å². The molecule has 8 nitrogen and oxygen atoms in total. The lowest BCUT2D eigenvalue weighted by Crippen LogP contribution is -3.12. The van der Waals surface area contributed by atoms with Crippen LogP contribution in [-0.4, -0.2) is 56.9 Å². The van der Waals surface area contributed by atoms with E-state index in [-0.39, 0.29) is 6.04 Å². The maximum Gasteiger partial charge on any atom is 0.338 e. The van der Waals surface area contributed by atoms with Crippen LogP contribution in [0.5, 0.6) is 0 Å². The van der Waals surface area contributed by atoms with Gasteiger partial charge in [-0.2, -0.15) is 0 Å². The highest BCUT2D eigenvalue weighted by atomic mass is 16.5. The molecular formula is C22H32N3O5+. The molecule has 3 amide bonds. The van der Waals surface area contributed by atoms with Gasteiger partial charge in [0.05, 0.1) is 18.8 Å². The van der Waals surface area contributed by atoms with Crippen molar-refractivity contribution in [2.45, 2.75) is 45.2 Å². The average molecular weight is 419 g/mol. The number of imide groups is 1. The van der Waals surface area contributed by atoms with Crippen molar-refractivity contribution in [1.29, 1.82) is 0 Å². The molecule has 1 aromatic carbocycles. The molecule has 0 spiro atoms. The number of carbonyl (C=O) groups excluding carboxylic acids is 3. The van der Waals surface area contributed by atoms with Gasteiger partial charge in [0.25, 0.3) is 5.91 Å². The molecule has 1 saturated carbocycles. The summed E-state index contributed by atoms with van der Waals surface area (Å²) in [7, 11) is 0. The van der Waals surface area contributed by atoms with E-state index in [1.165, 1.54) is 11.3 Å². The zero-order valence-corrected chi connectivity index (χ0v) is 17.6. The standard InChI is InChI=1S/C22H31N3O5/c1-16-4-2-3-5-19(16)23-22(28)24-20(26)15-30-21(27)18-8-6-17(7-9-18)14-25-10-12-29-13-11-25/h6-9,16,19H,2-5,10-15H2,1H3,(H2,23,24,26,28)/p+1/t16-,19-/m0/s1. The van der Waals surface area contributed by atoms with Crippen LogP contribution >= 0.6 is 0 Å². The van der Waals surface area contributed by atoms with Crippen molar-refractivity contribution < 1.29 is 28.8 Å². The number of rotatable bonds is 6. The van der Waals surface area contributed by atoms with Gasteiger partial charge in [-0.05, 0) is 30.9 Å². The topological polar surface area (TPSA) is 98.2 Å². The molecule has 1 saturated heterocycles. The molecule has 0 bridgehead atoms. The number of urea groups is 1. The highest BCUT2D eigenvalue weighted by Gasteiger charge is 2.23. The molecule has 164 valence electrons. The first kappa shape index (κ1) is 22.2. The minimum absolute atomic E-state index is 0.0758. The molecule has 8 heteroatoms. The molecular weight excluding hydrogens is 386 g/mol. The first-order chi connectivity index (χ1) is 14.5. The van der Waals surface area contributed by atoms with E-state index in [9.17, 15) is 14.4 Å². The molecule has 2 aliphatic rings. The van der Waals surface area contributed by atoms with Crippen molar-refractivity contribution in [2.24, 2.45) is 5.92 Å². The molecule has 0 aromatic heterocycles. The van der Waals surface area contributed by atoms with Gasteiger partial charge in [-0.1, -0.05) is 31.9 Å². The number of benzene rings is 1. The first-order valence-electron chi connectivity index (χ1n) is 10.8. The number of carbonyl (C=O) groups is 3. The summed E-state index contributed by atoms with van der Waals surface area (Å²) in [5.41, 5.74) is 1.51. The summed E-state index contributed by atoms with van der Waals surface area (Å²) in [6.45, 7) is 6.00. The molecule has 2 atom stereocenters. The third-order valence-electron chi connectivity index (χ3n) is 5.86. The Morgan fingerprint density at radius 1 is 1.10 bits per heavy atom. The van der Waals surface area contributed by atoms with E-state index in [2.05, 4.69) is 17.6 Å². The van der Waals surface area contributed by atoms with Gasteiger partial charge in [0, 0.05) is 11.6 Å². The minimum Gasteiger partial charge on any atom is -0.452 e. The quantitative estimate of drug-likeness (QED) is 0.590. The van der Waals surface area contributed by atoms with E-state index in [1.54, 1.807) is 12.1 Å². The summed E-state index contributed by atoms with van der Waals surface area (Å²) in [6.07, 6.45) is 4.24. The normalized spacial score (nSPS) is 22.2. The minimum atomic E-state index is -0.642. The Labute approximate surface area is 177 Å². The molecule has 1 aliphatic carbocycles. The largest absolute Gasteiger partial charge is 0.452 e. The SMILES string of the molecule is C[C@H]1CCCC[C@@H]1NC(=O)NC(=O)COC(=O)c1ccc(C[NH+]2CCOCC2)cc1. The molecule has 3 N–H and O–H groups in total. The smallest absolute Gasteiger partial charge is 0.338 e. The Hall–Kier alpha value is -2.45. The fourth-order valence-electron chi connectivity index (χ4n) is 4.00. The van der Waals surface area contributed by atoms with Gasteiger partial charge in [0.1, 0.15) is 19.6 Å². The second-order valence-corrected chi connectivity index (χ2v) is 8.20. The number of ether oxygens (including phenoxy) is 2. The number of nitrogens with one attached hydrogen (secondary N) is 3. The third kappa shape index (κ3) is 6.81. The lowest BCUT2D eigenvalue weighted by Gasteiger charge is -2.29. The monoisotopic (exact) mass is 418 g/mol. The van der Waals surface area contributed by atoms with Crippen LogP contribution < -0.4 is 15.5 Å². The van der Waals surface area contributed by atoms with Crippen LogP contribution in [0.1, 0.15) is 48.5 Å². The van der Waals surface area contributed by atoms with Gasteiger partial charge in [0.2, 0.25) is 0 Å². The summed E-state index contributed by atoms with van der Waals surface area (Å²) < 4.78 is 10.4. The summed E-state index contributed by atoms with van der Waals surface area (Å²) in [5, 5.41) is 5.07. The zero-order chi connectivity index (χ0) is 21.3. The average Bonchev–Trinajstić information content (AvgIpc) is 2.75. The lowest BCUT2D eigenvalue weighted by atomic mass is 9.86. The summed E-state index contributed by atoms with van der Waals surface area (Å²) in [6, 6.07) is 6.74. The fraction of sp³-hybridized carbons (Fsp3) is 0.591. The van der Waals surface area contributed by atoms with Crippen LogP contribution in [0.2, 0.25) is 0 Å². The van der Waals surface area contributed by atoms with Crippen LogP contribution in [0.4, 0.5) is 4.79 Å². The number of quaternary nitrogens is 1. The van der Waals surface area contributed by atoms with Crippen molar-refractivity contribution in [3.05, 3.63) is 35.4 Å². The second kappa shape index (κ2) is 11.1. The number of hydrogen-bond acceptors (Lipinski definition) is 5. The summed E-state index contributed by atoms with van der Waals surface area (Å²) in [5.74, 6) is -0.834. The van der Waals surface area contributed by atoms with Crippen LogP contribution in [0.25, 0.3) is 0 Å². The van der Waals surface area contributed by atoms with Crippen molar-refractivity contribution in [3.8, 4) is 0 Å². The number of morpholine rings is 1. The van der Waals surface area contributed by atoms with E-state index >= 15 is 0 Å². The molecule has 1 aromatic rings. The van der Waals surface area contributed by atoms with E-state index in [0.29, 0.717) is 11.5 Å². The van der Waals surface area contributed by atoms with Crippen LogP contribution in [0.3, 0.4) is 0 Å². The predicted molar refractivity (Wildman–Crippen MR) is 110 cm³/mol. The molecule has 30 heavy (non-hydrogen) atoms. The van der Waals surface area contributed by atoms with E-state index < -0.39 is 24.5 Å². The van der Waals surface area contributed by atoms with Crippen LogP contribution in [-0.2, 0) is 20.8 Å². The predicted octanol–water partition coefficient (Wildman–Crippen LogP) is 0.663. The van der Waals surface area contributed by atoms with Gasteiger partial charge < -0.3 is 19.7 Å². The Morgan fingerprint density at radius 2 is 1.80 bits per heavy atom. The molecule has 1 aliphatic heterocycles. The van der Waals surface area contributed by atoms with Gasteiger partial charge in [-0.15, -0.1) is 0 Å². The fourth-order valence-corrected chi connectivity index (χ4v) is 4.00. The second-order valence-electron chi connectivity index (χ2n) is 8.20. The molecule has 2 fully saturated rings. The van der Waals surface area contributed by atoms with Crippen molar-refractivity contribution in [3.63, 3.8) is 0 Å². The highest BCUT2D eigenvalue weighted by molar-refractivity contribution is 5.97. The van der Waals surface area contributed by atoms with Crippen LogP contribution in [0.15, 0.2) is 24.3 Å². The Kier molecular flexibility index (Phi) is 8.21. The number of amides is 3. The Bertz CT molecular complexity index is 731. The molecule has 0 unspecified atom stereocenters. The van der Waals surface area contributed by atoms with Crippen LogP contribution in [0, 0.1) is 5.92 Å². The summed E-state index contributed by atoms with van der Waals surface area (Å²) in [4.78, 5) is 37.5. The Morgan fingerprint density at radius 3 is 2.50 bits per heavy atom. The van der Waals surface area contributed by atoms with Gasteiger partial charge in [-0.3, -0.25) is 10.1 Å². The highest BCUT2D eigenvalue weighted by Crippen LogP contribution is 2.23. The number of hydrogen-bond donors (Lipinski definition) is 3. The van der Waals surface area contributed by atoms with Crippen molar-refractivity contribution >= 4 is 17.9 Å². The maximum absolute atomic E-state index is 12.2. The van der Waals surface area contributed by atoms with Crippen molar-refractivity contribution in [1.82, 2.24) is 10.6 Å². The first-order valence-corrected chi connectivity index (χ1v) is 10.8. The molecule has 1 heterocycles. The van der Waals surface area contributed by atoms with E-state index in [4.69, 9.17) is 9.47 Å². The Balaban J connectivity index is 1.38. The van der Waals surface area contributed by atoms with Gasteiger partial charge >= 0.3 is 12.0 Å². The maximum atomic E-state index is 12.2. The molecule has 3 rings (SSSR count). The van der Waals surface area contributed by atoms with Gasteiger partial charge in [0.15, 0.2) is 6.61 Å². The molecule has 0 radical (unpaired) electrons. The lowest BCUT2D eigenvalue weighted by molar-refractivity contribution is -0.921. The summed E-state index contributed by atoms with van der Waals surface area (Å²) >= 11 is 0. The zero-order valence-electron chi connectivity index (χ0n) is 17.6. The van der Waals surface area contributed by atoms with Crippen molar-refractivity contribution in [2.75, 3.05) is 32.9 Å². The van der Waals surface area contributed by atoms with E-state index in [0.717, 1.165) is 57.7 Å². The van der Waals surface area contributed by atoms with E-state index in [1.807, 2.05) is 12.1 Å². The number of esters is 1. The third-order valence-corrected chi connectivity index (χ3v) is 5.86.